The second-order valence-corrected chi connectivity index (χ2v) is 4.54. The molecule has 6 nitrogen and oxygen atoms in total. The Bertz CT molecular complexity index is 762. The largest absolute Gasteiger partial charge is 0.481 e. The van der Waals surface area contributed by atoms with Gasteiger partial charge in [0.25, 0.3) is 0 Å². The molecular formula is C15H15N5O. The van der Waals surface area contributed by atoms with Crippen LogP contribution in [0.2, 0.25) is 0 Å². The summed E-state index contributed by atoms with van der Waals surface area (Å²) in [4.78, 5) is 12.6. The van der Waals surface area contributed by atoms with Crippen molar-refractivity contribution in [3.8, 4) is 5.88 Å². The lowest BCUT2D eigenvalue weighted by atomic mass is 10.0. The summed E-state index contributed by atoms with van der Waals surface area (Å²) in [6.07, 6.45) is 3.22. The van der Waals surface area contributed by atoms with Crippen LogP contribution in [0.25, 0.3) is 10.9 Å². The number of nitrogens with two attached hydrogens (primary N) is 1. The lowest BCUT2D eigenvalue weighted by molar-refractivity contribution is 0.395. The third-order valence-electron chi connectivity index (χ3n) is 3.30. The van der Waals surface area contributed by atoms with Crippen LogP contribution in [0.4, 0.5) is 0 Å². The maximum Gasteiger partial charge on any atom is 0.216 e. The molecule has 3 N–H and O–H groups in total. The highest BCUT2D eigenvalue weighted by Crippen LogP contribution is 2.24. The molecule has 0 radical (unpaired) electrons. The van der Waals surface area contributed by atoms with Crippen molar-refractivity contribution in [3.05, 3.63) is 60.2 Å². The Hall–Kier alpha value is -2.57. The van der Waals surface area contributed by atoms with Gasteiger partial charge in [0.15, 0.2) is 0 Å². The van der Waals surface area contributed by atoms with Gasteiger partial charge in [-0.05, 0) is 17.7 Å². The molecule has 21 heavy (non-hydrogen) atoms. The number of nitrogens with zero attached hydrogens (tertiary/aromatic N) is 3. The number of fused-ring (bicyclic) bond motifs is 1. The Labute approximate surface area is 122 Å². The topological polar surface area (TPSA) is 86.0 Å². The van der Waals surface area contributed by atoms with Crippen molar-refractivity contribution in [2.24, 2.45) is 5.84 Å². The molecule has 106 valence electrons. The first-order valence-electron chi connectivity index (χ1n) is 6.48. The lowest BCUT2D eigenvalue weighted by Gasteiger charge is -2.16. The molecule has 0 aliphatic rings. The van der Waals surface area contributed by atoms with Gasteiger partial charge in [-0.3, -0.25) is 10.8 Å². The minimum absolute atomic E-state index is 0.256. The minimum atomic E-state index is -0.256. The predicted molar refractivity (Wildman–Crippen MR) is 79.5 cm³/mol. The van der Waals surface area contributed by atoms with Gasteiger partial charge >= 0.3 is 0 Å². The fourth-order valence-electron chi connectivity index (χ4n) is 2.24. The zero-order chi connectivity index (χ0) is 14.7. The second-order valence-electron chi connectivity index (χ2n) is 4.54. The average Bonchev–Trinajstić information content (AvgIpc) is 2.56. The molecule has 2 aromatic heterocycles. The van der Waals surface area contributed by atoms with Gasteiger partial charge in [0.05, 0.1) is 24.4 Å². The van der Waals surface area contributed by atoms with E-state index in [2.05, 4.69) is 20.4 Å². The van der Waals surface area contributed by atoms with Gasteiger partial charge in [-0.15, -0.1) is 0 Å². The molecule has 6 heteroatoms. The highest BCUT2D eigenvalue weighted by molar-refractivity contribution is 5.79. The first-order chi connectivity index (χ1) is 10.3. The van der Waals surface area contributed by atoms with Crippen LogP contribution >= 0.6 is 0 Å². The monoisotopic (exact) mass is 281 g/mol. The van der Waals surface area contributed by atoms with Gasteiger partial charge in [-0.2, -0.15) is 0 Å². The molecule has 2 heterocycles. The summed E-state index contributed by atoms with van der Waals surface area (Å²) in [5, 5.41) is 1.08. The van der Waals surface area contributed by atoms with Crippen LogP contribution in [0.5, 0.6) is 5.88 Å². The number of hydrogen-bond acceptors (Lipinski definition) is 6. The first kappa shape index (κ1) is 13.4. The predicted octanol–water partition coefficient (Wildman–Crippen LogP) is 1.59. The number of rotatable bonds is 4. The summed E-state index contributed by atoms with van der Waals surface area (Å²) in [7, 11) is 1.57. The van der Waals surface area contributed by atoms with Gasteiger partial charge in [-0.1, -0.05) is 18.2 Å². The summed E-state index contributed by atoms with van der Waals surface area (Å²) in [5.74, 6) is 6.20. The summed E-state index contributed by atoms with van der Waals surface area (Å²) in [6, 6.07) is 11.4. The average molecular weight is 281 g/mol. The highest BCUT2D eigenvalue weighted by Gasteiger charge is 2.15. The Kier molecular flexibility index (Phi) is 3.72. The fraction of sp³-hybridized carbons (Fsp3) is 0.133. The molecule has 0 fully saturated rings. The summed E-state index contributed by atoms with van der Waals surface area (Å²) < 4.78 is 5.12. The normalized spacial score (nSPS) is 12.3. The third kappa shape index (κ3) is 2.67. The van der Waals surface area contributed by atoms with Crippen LogP contribution in [-0.4, -0.2) is 22.1 Å². The lowest BCUT2D eigenvalue weighted by Crippen LogP contribution is -2.29. The highest BCUT2D eigenvalue weighted by atomic mass is 16.5. The summed E-state index contributed by atoms with van der Waals surface area (Å²) >= 11 is 0. The molecular weight excluding hydrogens is 266 g/mol. The molecule has 0 amide bonds. The number of pyridine rings is 1. The van der Waals surface area contributed by atoms with Gasteiger partial charge in [0.1, 0.15) is 6.33 Å². The number of hydrogen-bond donors (Lipinski definition) is 2. The van der Waals surface area contributed by atoms with E-state index in [1.807, 2.05) is 30.3 Å². The zero-order valence-corrected chi connectivity index (χ0v) is 11.5. The van der Waals surface area contributed by atoms with Crippen molar-refractivity contribution in [1.82, 2.24) is 20.4 Å². The van der Waals surface area contributed by atoms with Gasteiger partial charge in [-0.25, -0.2) is 15.4 Å². The maximum absolute atomic E-state index is 5.70. The number of benzene rings is 1. The quantitative estimate of drug-likeness (QED) is 0.558. The van der Waals surface area contributed by atoms with Crippen molar-refractivity contribution in [2.75, 3.05) is 7.11 Å². The van der Waals surface area contributed by atoms with Crippen LogP contribution in [0.15, 0.2) is 48.9 Å². The number of nitrogens with one attached hydrogen (secondary N) is 1. The van der Waals surface area contributed by atoms with Crippen LogP contribution < -0.4 is 16.0 Å². The SMILES string of the molecule is COc1cc(C(NN)c2ccc3cccnc3c2)ncn1. The number of aromatic nitrogens is 3. The molecule has 1 aromatic carbocycles. The zero-order valence-electron chi connectivity index (χ0n) is 11.5. The van der Waals surface area contributed by atoms with Gasteiger partial charge < -0.3 is 4.74 Å². The number of hydrazine groups is 1. The van der Waals surface area contributed by atoms with Crippen LogP contribution in [-0.2, 0) is 0 Å². The van der Waals surface area contributed by atoms with E-state index in [1.54, 1.807) is 19.4 Å². The number of ether oxygens (including phenoxy) is 1. The molecule has 3 aromatic rings. The summed E-state index contributed by atoms with van der Waals surface area (Å²) in [5.41, 5.74) is 5.40. The standard InChI is InChI=1S/C15H15N5O/c1-21-14-8-13(18-9-19-14)15(20-16)11-5-4-10-3-2-6-17-12(10)7-11/h2-9,15,20H,16H2,1H3. The van der Waals surface area contributed by atoms with E-state index in [4.69, 9.17) is 10.6 Å². The molecule has 0 saturated carbocycles. The van der Waals surface area contributed by atoms with E-state index in [0.717, 1.165) is 22.2 Å². The van der Waals surface area contributed by atoms with E-state index >= 15 is 0 Å². The van der Waals surface area contributed by atoms with Crippen molar-refractivity contribution in [1.29, 1.82) is 0 Å². The smallest absolute Gasteiger partial charge is 0.216 e. The van der Waals surface area contributed by atoms with Crippen molar-refractivity contribution >= 4 is 10.9 Å². The second kappa shape index (κ2) is 5.82. The molecule has 0 bridgehead atoms. The molecule has 1 unspecified atom stereocenters. The minimum Gasteiger partial charge on any atom is -0.481 e. The van der Waals surface area contributed by atoms with Crippen LogP contribution in [0.3, 0.4) is 0 Å². The summed E-state index contributed by atoms with van der Waals surface area (Å²) in [6.45, 7) is 0. The Morgan fingerprint density at radius 3 is 2.86 bits per heavy atom. The maximum atomic E-state index is 5.70. The molecule has 3 rings (SSSR count). The molecule has 0 saturated heterocycles. The first-order valence-corrected chi connectivity index (χ1v) is 6.48. The van der Waals surface area contributed by atoms with Crippen LogP contribution in [0, 0.1) is 0 Å². The Morgan fingerprint density at radius 2 is 2.05 bits per heavy atom. The Morgan fingerprint density at radius 1 is 1.14 bits per heavy atom. The molecule has 1 atom stereocenters. The van der Waals surface area contributed by atoms with Crippen LogP contribution in [0.1, 0.15) is 17.3 Å². The number of methoxy groups -OCH3 is 1. The van der Waals surface area contributed by atoms with E-state index in [1.165, 1.54) is 6.33 Å². The molecule has 0 aliphatic heterocycles. The molecule has 0 aliphatic carbocycles. The van der Waals surface area contributed by atoms with Gasteiger partial charge in [0.2, 0.25) is 5.88 Å². The van der Waals surface area contributed by atoms with Crippen molar-refractivity contribution < 1.29 is 4.74 Å². The fourth-order valence-corrected chi connectivity index (χ4v) is 2.24. The molecule has 0 spiro atoms. The Balaban J connectivity index is 2.04. The van der Waals surface area contributed by atoms with E-state index in [9.17, 15) is 0 Å². The van der Waals surface area contributed by atoms with Gasteiger partial charge in [0, 0.05) is 17.6 Å². The van der Waals surface area contributed by atoms with Crippen molar-refractivity contribution in [2.45, 2.75) is 6.04 Å². The third-order valence-corrected chi connectivity index (χ3v) is 3.30. The van der Waals surface area contributed by atoms with E-state index in [0.29, 0.717) is 5.88 Å². The van der Waals surface area contributed by atoms with Crippen molar-refractivity contribution in [3.63, 3.8) is 0 Å². The van der Waals surface area contributed by atoms with E-state index < -0.39 is 0 Å². The van der Waals surface area contributed by atoms with E-state index in [-0.39, 0.29) is 6.04 Å².